The zero-order valence-electron chi connectivity index (χ0n) is 12.6. The molecule has 4 nitrogen and oxygen atoms in total. The summed E-state index contributed by atoms with van der Waals surface area (Å²) in [7, 11) is 0. The Bertz CT molecular complexity index is 906. The van der Waals surface area contributed by atoms with Gasteiger partial charge >= 0.3 is 0 Å². The number of aromatic nitrogens is 1. The van der Waals surface area contributed by atoms with Gasteiger partial charge in [-0.05, 0) is 35.9 Å². The van der Waals surface area contributed by atoms with Crippen LogP contribution in [0.3, 0.4) is 0 Å². The Morgan fingerprint density at radius 1 is 1.21 bits per heavy atom. The van der Waals surface area contributed by atoms with Crippen LogP contribution in [-0.4, -0.2) is 17.5 Å². The molecule has 0 unspecified atom stereocenters. The van der Waals surface area contributed by atoms with Gasteiger partial charge in [-0.25, -0.2) is 4.98 Å². The standard InChI is InChI=1S/C18H13ClN2O2S/c19-14-4-1-11(2-5-14)15-10-24-18(20-15)21-17(22)13-3-6-16-12(9-13)7-8-23-16/h1-6,9-10H,7-8H2,(H,20,21,22). The second-order valence-corrected chi connectivity index (χ2v) is 6.71. The zero-order chi connectivity index (χ0) is 16.5. The molecule has 0 fully saturated rings. The minimum absolute atomic E-state index is 0.165. The van der Waals surface area contributed by atoms with E-state index in [0.29, 0.717) is 22.3 Å². The summed E-state index contributed by atoms with van der Waals surface area (Å²) in [5, 5.41) is 6.02. The largest absolute Gasteiger partial charge is 0.493 e. The van der Waals surface area contributed by atoms with Gasteiger partial charge in [-0.2, -0.15) is 0 Å². The molecule has 0 atom stereocenters. The number of ether oxygens (including phenoxy) is 1. The minimum Gasteiger partial charge on any atom is -0.493 e. The van der Waals surface area contributed by atoms with Crippen LogP contribution < -0.4 is 10.1 Å². The fraction of sp³-hybridized carbons (Fsp3) is 0.111. The molecule has 3 aromatic rings. The minimum atomic E-state index is -0.165. The van der Waals surface area contributed by atoms with E-state index in [1.807, 2.05) is 41.8 Å². The molecule has 0 aliphatic carbocycles. The third kappa shape index (κ3) is 3.00. The first kappa shape index (κ1) is 15.2. The maximum atomic E-state index is 12.4. The molecule has 1 aliphatic rings. The molecule has 0 bridgehead atoms. The van der Waals surface area contributed by atoms with Gasteiger partial charge in [0.1, 0.15) is 5.75 Å². The molecule has 1 aliphatic heterocycles. The van der Waals surface area contributed by atoms with Gasteiger partial charge in [0, 0.05) is 28.0 Å². The quantitative estimate of drug-likeness (QED) is 0.743. The van der Waals surface area contributed by atoms with Gasteiger partial charge < -0.3 is 4.74 Å². The first-order valence-electron chi connectivity index (χ1n) is 7.47. The van der Waals surface area contributed by atoms with Crippen molar-refractivity contribution in [1.29, 1.82) is 0 Å². The summed E-state index contributed by atoms with van der Waals surface area (Å²) in [6.07, 6.45) is 0.842. The van der Waals surface area contributed by atoms with Crippen molar-refractivity contribution in [2.45, 2.75) is 6.42 Å². The molecule has 1 aromatic heterocycles. The highest BCUT2D eigenvalue weighted by atomic mass is 35.5. The summed E-state index contributed by atoms with van der Waals surface area (Å²) in [5.41, 5.74) is 3.46. The lowest BCUT2D eigenvalue weighted by atomic mass is 10.1. The normalized spacial score (nSPS) is 12.5. The molecule has 0 spiro atoms. The zero-order valence-corrected chi connectivity index (χ0v) is 14.2. The number of halogens is 1. The second-order valence-electron chi connectivity index (χ2n) is 5.42. The van der Waals surface area contributed by atoms with E-state index in [0.717, 1.165) is 29.0 Å². The fourth-order valence-corrected chi connectivity index (χ4v) is 3.42. The highest BCUT2D eigenvalue weighted by Crippen LogP contribution is 2.28. The van der Waals surface area contributed by atoms with E-state index in [1.165, 1.54) is 11.3 Å². The van der Waals surface area contributed by atoms with Crippen molar-refractivity contribution in [2.75, 3.05) is 11.9 Å². The van der Waals surface area contributed by atoms with Gasteiger partial charge in [0.25, 0.3) is 5.91 Å². The lowest BCUT2D eigenvalue weighted by Gasteiger charge is -2.04. The lowest BCUT2D eigenvalue weighted by molar-refractivity contribution is 0.102. The smallest absolute Gasteiger partial charge is 0.257 e. The predicted octanol–water partition coefficient (Wildman–Crippen LogP) is 4.65. The van der Waals surface area contributed by atoms with Crippen LogP contribution in [0.25, 0.3) is 11.3 Å². The van der Waals surface area contributed by atoms with E-state index in [2.05, 4.69) is 10.3 Å². The Morgan fingerprint density at radius 3 is 2.88 bits per heavy atom. The molecule has 0 saturated heterocycles. The second kappa shape index (κ2) is 6.26. The predicted molar refractivity (Wildman–Crippen MR) is 96.2 cm³/mol. The molecule has 120 valence electrons. The average molecular weight is 357 g/mol. The summed E-state index contributed by atoms with van der Waals surface area (Å²) < 4.78 is 5.46. The number of carbonyl (C=O) groups excluding carboxylic acids is 1. The number of carbonyl (C=O) groups is 1. The molecular weight excluding hydrogens is 344 g/mol. The van der Waals surface area contributed by atoms with Crippen molar-refractivity contribution in [1.82, 2.24) is 4.98 Å². The van der Waals surface area contributed by atoms with Crippen molar-refractivity contribution in [2.24, 2.45) is 0 Å². The van der Waals surface area contributed by atoms with Crippen molar-refractivity contribution >= 4 is 34.0 Å². The van der Waals surface area contributed by atoms with Crippen molar-refractivity contribution in [3.05, 3.63) is 64.0 Å². The number of fused-ring (bicyclic) bond motifs is 1. The Balaban J connectivity index is 1.51. The number of benzene rings is 2. The molecule has 1 amide bonds. The molecule has 0 radical (unpaired) electrons. The van der Waals surface area contributed by atoms with Gasteiger partial charge in [0.2, 0.25) is 0 Å². The van der Waals surface area contributed by atoms with Crippen LogP contribution in [0.1, 0.15) is 15.9 Å². The van der Waals surface area contributed by atoms with Gasteiger partial charge in [-0.1, -0.05) is 23.7 Å². The van der Waals surface area contributed by atoms with Gasteiger partial charge in [0.15, 0.2) is 5.13 Å². The summed E-state index contributed by atoms with van der Waals surface area (Å²) in [4.78, 5) is 16.9. The highest BCUT2D eigenvalue weighted by Gasteiger charge is 2.16. The first-order valence-corrected chi connectivity index (χ1v) is 8.73. The Kier molecular flexibility index (Phi) is 3.96. The Hall–Kier alpha value is -2.37. The van der Waals surface area contributed by atoms with E-state index in [4.69, 9.17) is 16.3 Å². The molecule has 2 heterocycles. The van der Waals surface area contributed by atoms with Gasteiger partial charge in [-0.15, -0.1) is 11.3 Å². The highest BCUT2D eigenvalue weighted by molar-refractivity contribution is 7.14. The molecule has 4 rings (SSSR count). The van der Waals surface area contributed by atoms with Crippen LogP contribution in [0, 0.1) is 0 Å². The number of nitrogens with zero attached hydrogens (tertiary/aromatic N) is 1. The van der Waals surface area contributed by atoms with Crippen LogP contribution in [0.15, 0.2) is 47.8 Å². The number of hydrogen-bond acceptors (Lipinski definition) is 4. The number of thiazole rings is 1. The Morgan fingerprint density at radius 2 is 2.04 bits per heavy atom. The van der Waals surface area contributed by atoms with Crippen LogP contribution in [0.2, 0.25) is 5.02 Å². The monoisotopic (exact) mass is 356 g/mol. The maximum Gasteiger partial charge on any atom is 0.257 e. The van der Waals surface area contributed by atoms with E-state index >= 15 is 0 Å². The molecule has 0 saturated carbocycles. The molecule has 6 heteroatoms. The number of amides is 1. The van der Waals surface area contributed by atoms with E-state index in [-0.39, 0.29) is 5.91 Å². The lowest BCUT2D eigenvalue weighted by Crippen LogP contribution is -2.11. The van der Waals surface area contributed by atoms with Crippen molar-refractivity contribution in [3.8, 4) is 17.0 Å². The summed E-state index contributed by atoms with van der Waals surface area (Å²) >= 11 is 7.29. The third-order valence-electron chi connectivity index (χ3n) is 3.82. The number of anilines is 1. The van der Waals surface area contributed by atoms with E-state index in [1.54, 1.807) is 6.07 Å². The fourth-order valence-electron chi connectivity index (χ4n) is 2.58. The van der Waals surface area contributed by atoms with Gasteiger partial charge in [-0.3, -0.25) is 10.1 Å². The summed E-state index contributed by atoms with van der Waals surface area (Å²) in [5.74, 6) is 0.701. The first-order chi connectivity index (χ1) is 11.7. The van der Waals surface area contributed by atoms with Crippen LogP contribution in [-0.2, 0) is 6.42 Å². The number of nitrogens with one attached hydrogen (secondary N) is 1. The SMILES string of the molecule is O=C(Nc1nc(-c2ccc(Cl)cc2)cs1)c1ccc2c(c1)CCO2. The molecule has 2 aromatic carbocycles. The molecular formula is C18H13ClN2O2S. The summed E-state index contributed by atoms with van der Waals surface area (Å²) in [6, 6.07) is 13.0. The molecule has 1 N–H and O–H groups in total. The van der Waals surface area contributed by atoms with Gasteiger partial charge in [0.05, 0.1) is 12.3 Å². The van der Waals surface area contributed by atoms with Crippen LogP contribution >= 0.6 is 22.9 Å². The van der Waals surface area contributed by atoms with E-state index in [9.17, 15) is 4.79 Å². The van der Waals surface area contributed by atoms with Crippen LogP contribution in [0.5, 0.6) is 5.75 Å². The van der Waals surface area contributed by atoms with Crippen molar-refractivity contribution < 1.29 is 9.53 Å². The van der Waals surface area contributed by atoms with Crippen molar-refractivity contribution in [3.63, 3.8) is 0 Å². The summed E-state index contributed by atoms with van der Waals surface area (Å²) in [6.45, 7) is 0.678. The maximum absolute atomic E-state index is 12.4. The average Bonchev–Trinajstić information content (AvgIpc) is 3.24. The topological polar surface area (TPSA) is 51.2 Å². The number of hydrogen-bond donors (Lipinski definition) is 1. The number of rotatable bonds is 3. The third-order valence-corrected chi connectivity index (χ3v) is 4.83. The molecule has 24 heavy (non-hydrogen) atoms. The Labute approximate surface area is 148 Å². The van der Waals surface area contributed by atoms with E-state index < -0.39 is 0 Å². The van der Waals surface area contributed by atoms with Crippen LogP contribution in [0.4, 0.5) is 5.13 Å².